The van der Waals surface area contributed by atoms with Crippen molar-refractivity contribution in [3.8, 4) is 11.5 Å². The van der Waals surface area contributed by atoms with E-state index in [9.17, 15) is 9.59 Å². The van der Waals surface area contributed by atoms with Crippen LogP contribution < -0.4 is 20.2 Å². The fourth-order valence-electron chi connectivity index (χ4n) is 2.75. The molecule has 3 aromatic carbocycles. The first-order chi connectivity index (χ1) is 15.5. The molecule has 3 rings (SSSR count). The molecule has 7 nitrogen and oxygen atoms in total. The van der Waals surface area contributed by atoms with Crippen molar-refractivity contribution in [2.24, 2.45) is 5.10 Å². The number of rotatable bonds is 8. The average Bonchev–Trinajstić information content (AvgIpc) is 2.79. The monoisotopic (exact) mass is 495 g/mol. The Bertz CT molecular complexity index is 1120. The standard InChI is InChI=1S/C24H22BrN3O4/c1-16-8-10-18(11-9-16)24(30)28-26-14-17-12-20(25)23(21(13-17)31-2)32-15-22(29)27-19-6-4-3-5-7-19/h3-14H,15H2,1-2H3,(H,27,29)(H,28,30)/b26-14+. The topological polar surface area (TPSA) is 89.0 Å². The Labute approximate surface area is 194 Å². The summed E-state index contributed by atoms with van der Waals surface area (Å²) in [5.41, 5.74) is 5.43. The molecule has 0 aromatic heterocycles. The molecule has 0 unspecified atom stereocenters. The highest BCUT2D eigenvalue weighted by Crippen LogP contribution is 2.36. The molecule has 3 aromatic rings. The summed E-state index contributed by atoms with van der Waals surface area (Å²) in [5, 5.41) is 6.76. The number of hydrogen-bond acceptors (Lipinski definition) is 5. The predicted molar refractivity (Wildman–Crippen MR) is 127 cm³/mol. The van der Waals surface area contributed by atoms with Crippen molar-refractivity contribution in [2.45, 2.75) is 6.92 Å². The SMILES string of the molecule is COc1cc(/C=N/NC(=O)c2ccc(C)cc2)cc(Br)c1OCC(=O)Nc1ccccc1. The first kappa shape index (κ1) is 23.0. The fraction of sp³-hybridized carbons (Fsp3) is 0.125. The third kappa shape index (κ3) is 6.42. The number of halogens is 1. The fourth-order valence-corrected chi connectivity index (χ4v) is 3.32. The highest BCUT2D eigenvalue weighted by atomic mass is 79.9. The summed E-state index contributed by atoms with van der Waals surface area (Å²) in [4.78, 5) is 24.3. The van der Waals surface area contributed by atoms with Crippen LogP contribution in [0.25, 0.3) is 0 Å². The van der Waals surface area contributed by atoms with Crippen LogP contribution in [0.1, 0.15) is 21.5 Å². The number of amides is 2. The van der Waals surface area contributed by atoms with Gasteiger partial charge in [0, 0.05) is 11.3 Å². The summed E-state index contributed by atoms with van der Waals surface area (Å²) in [5.74, 6) is 0.195. The molecular formula is C24H22BrN3O4. The second-order valence-electron chi connectivity index (χ2n) is 6.80. The summed E-state index contributed by atoms with van der Waals surface area (Å²) in [6.07, 6.45) is 1.49. The largest absolute Gasteiger partial charge is 0.493 e. The molecule has 0 aliphatic carbocycles. The number of ether oxygens (including phenoxy) is 2. The molecule has 8 heteroatoms. The second kappa shape index (κ2) is 11.1. The van der Waals surface area contributed by atoms with Gasteiger partial charge in [0.1, 0.15) is 0 Å². The summed E-state index contributed by atoms with van der Waals surface area (Å²) in [7, 11) is 1.50. The van der Waals surface area contributed by atoms with Gasteiger partial charge in [-0.15, -0.1) is 0 Å². The minimum atomic E-state index is -0.309. The minimum Gasteiger partial charge on any atom is -0.493 e. The Kier molecular flexibility index (Phi) is 7.99. The van der Waals surface area contributed by atoms with E-state index < -0.39 is 0 Å². The van der Waals surface area contributed by atoms with E-state index in [1.54, 1.807) is 36.4 Å². The van der Waals surface area contributed by atoms with Gasteiger partial charge in [-0.05, 0) is 64.8 Å². The number of nitrogens with zero attached hydrogens (tertiary/aromatic N) is 1. The third-order valence-corrected chi connectivity index (χ3v) is 4.94. The van der Waals surface area contributed by atoms with Gasteiger partial charge >= 0.3 is 0 Å². The van der Waals surface area contributed by atoms with Crippen LogP contribution in [0.4, 0.5) is 5.69 Å². The van der Waals surface area contributed by atoms with Gasteiger partial charge in [-0.1, -0.05) is 35.9 Å². The Morgan fingerprint density at radius 2 is 1.78 bits per heavy atom. The number of para-hydroxylation sites is 1. The summed E-state index contributed by atoms with van der Waals surface area (Å²) < 4.78 is 11.6. The highest BCUT2D eigenvalue weighted by Gasteiger charge is 2.13. The van der Waals surface area contributed by atoms with E-state index >= 15 is 0 Å². The Balaban J connectivity index is 1.62. The first-order valence-corrected chi connectivity index (χ1v) is 10.5. The maximum absolute atomic E-state index is 12.2. The number of carbonyl (C=O) groups is 2. The maximum atomic E-state index is 12.2. The van der Waals surface area contributed by atoms with Crippen LogP contribution in [0.5, 0.6) is 11.5 Å². The number of hydrazone groups is 1. The van der Waals surface area contributed by atoms with Crippen LogP contribution in [0.15, 0.2) is 76.3 Å². The lowest BCUT2D eigenvalue weighted by Crippen LogP contribution is -2.20. The van der Waals surface area contributed by atoms with Crippen LogP contribution >= 0.6 is 15.9 Å². The molecule has 2 N–H and O–H groups in total. The van der Waals surface area contributed by atoms with E-state index in [2.05, 4.69) is 31.8 Å². The molecule has 0 bridgehead atoms. The minimum absolute atomic E-state index is 0.191. The zero-order valence-corrected chi connectivity index (χ0v) is 19.2. The van der Waals surface area contributed by atoms with Gasteiger partial charge in [0.2, 0.25) is 0 Å². The van der Waals surface area contributed by atoms with Crippen molar-refractivity contribution in [1.82, 2.24) is 5.43 Å². The first-order valence-electron chi connectivity index (χ1n) is 9.71. The van der Waals surface area contributed by atoms with Gasteiger partial charge < -0.3 is 14.8 Å². The Hall–Kier alpha value is -3.65. The molecule has 0 aliphatic rings. The van der Waals surface area contributed by atoms with Gasteiger partial charge in [-0.3, -0.25) is 9.59 Å². The van der Waals surface area contributed by atoms with Gasteiger partial charge in [0.25, 0.3) is 11.8 Å². The maximum Gasteiger partial charge on any atom is 0.271 e. The van der Waals surface area contributed by atoms with Crippen molar-refractivity contribution in [3.63, 3.8) is 0 Å². The predicted octanol–water partition coefficient (Wildman–Crippen LogP) is 4.55. The number of aryl methyl sites for hydroxylation is 1. The molecule has 2 amide bonds. The number of carbonyl (C=O) groups excluding carboxylic acids is 2. The van der Waals surface area contributed by atoms with Gasteiger partial charge in [0.15, 0.2) is 18.1 Å². The molecule has 0 radical (unpaired) electrons. The molecule has 0 saturated heterocycles. The second-order valence-corrected chi connectivity index (χ2v) is 7.66. The van der Waals surface area contributed by atoms with E-state index in [4.69, 9.17) is 9.47 Å². The van der Waals surface area contributed by atoms with E-state index in [-0.39, 0.29) is 18.4 Å². The summed E-state index contributed by atoms with van der Waals surface area (Å²) in [6.45, 7) is 1.76. The molecule has 0 spiro atoms. The third-order valence-electron chi connectivity index (χ3n) is 4.35. The summed E-state index contributed by atoms with van der Waals surface area (Å²) in [6, 6.07) is 19.7. The highest BCUT2D eigenvalue weighted by molar-refractivity contribution is 9.10. The zero-order valence-electron chi connectivity index (χ0n) is 17.6. The van der Waals surface area contributed by atoms with Crippen LogP contribution in [0.3, 0.4) is 0 Å². The lowest BCUT2D eigenvalue weighted by molar-refractivity contribution is -0.118. The molecule has 32 heavy (non-hydrogen) atoms. The lowest BCUT2D eigenvalue weighted by atomic mass is 10.1. The Morgan fingerprint density at radius 1 is 1.06 bits per heavy atom. The van der Waals surface area contributed by atoms with Crippen LogP contribution in [-0.2, 0) is 4.79 Å². The average molecular weight is 496 g/mol. The van der Waals surface area contributed by atoms with E-state index in [0.29, 0.717) is 32.8 Å². The number of anilines is 1. The Morgan fingerprint density at radius 3 is 2.47 bits per heavy atom. The van der Waals surface area contributed by atoms with Crippen molar-refractivity contribution < 1.29 is 19.1 Å². The van der Waals surface area contributed by atoms with E-state index in [0.717, 1.165) is 5.56 Å². The lowest BCUT2D eigenvalue weighted by Gasteiger charge is -2.13. The summed E-state index contributed by atoms with van der Waals surface area (Å²) >= 11 is 3.43. The molecular weight excluding hydrogens is 474 g/mol. The van der Waals surface area contributed by atoms with Crippen LogP contribution in [0, 0.1) is 6.92 Å². The van der Waals surface area contributed by atoms with Crippen LogP contribution in [0.2, 0.25) is 0 Å². The number of benzene rings is 3. The van der Waals surface area contributed by atoms with E-state index in [1.165, 1.54) is 13.3 Å². The van der Waals surface area contributed by atoms with Crippen LogP contribution in [-0.4, -0.2) is 31.7 Å². The molecule has 0 aliphatic heterocycles. The number of methoxy groups -OCH3 is 1. The quantitative estimate of drug-likeness (QED) is 0.354. The molecule has 0 heterocycles. The van der Waals surface area contributed by atoms with Gasteiger partial charge in [-0.25, -0.2) is 5.43 Å². The van der Waals surface area contributed by atoms with Crippen molar-refractivity contribution in [2.75, 3.05) is 19.0 Å². The number of hydrogen-bond donors (Lipinski definition) is 2. The normalized spacial score (nSPS) is 10.6. The van der Waals surface area contributed by atoms with Crippen molar-refractivity contribution >= 4 is 39.6 Å². The van der Waals surface area contributed by atoms with Gasteiger partial charge in [-0.2, -0.15) is 5.10 Å². The molecule has 0 atom stereocenters. The zero-order chi connectivity index (χ0) is 22.9. The van der Waals surface area contributed by atoms with Crippen molar-refractivity contribution in [3.05, 3.63) is 87.9 Å². The van der Waals surface area contributed by atoms with Gasteiger partial charge in [0.05, 0.1) is 17.8 Å². The van der Waals surface area contributed by atoms with Crippen molar-refractivity contribution in [1.29, 1.82) is 0 Å². The molecule has 164 valence electrons. The van der Waals surface area contributed by atoms with E-state index in [1.807, 2.05) is 37.3 Å². The number of nitrogens with one attached hydrogen (secondary N) is 2. The molecule has 0 fully saturated rings. The molecule has 0 saturated carbocycles. The smallest absolute Gasteiger partial charge is 0.271 e.